The van der Waals surface area contributed by atoms with Crippen LogP contribution in [0.3, 0.4) is 0 Å². The molecule has 0 spiro atoms. The average molecular weight is 615 g/mol. The number of para-hydroxylation sites is 2. The minimum absolute atomic E-state index is 1.01. The molecule has 3 N–H and O–H groups in total. The molecule has 9 heterocycles. The predicted octanol–water partition coefficient (Wildman–Crippen LogP) is 10.6. The summed E-state index contributed by atoms with van der Waals surface area (Å²) in [6, 6.07) is 31.0. The number of benzene rings is 3. The van der Waals surface area contributed by atoms with Crippen LogP contribution in [0.2, 0.25) is 0 Å². The van der Waals surface area contributed by atoms with Gasteiger partial charge in [-0.2, -0.15) is 0 Å². The zero-order valence-corrected chi connectivity index (χ0v) is 25.7. The van der Waals surface area contributed by atoms with Crippen molar-refractivity contribution in [3.8, 4) is 0 Å². The van der Waals surface area contributed by atoms with Gasteiger partial charge in [-0.1, -0.05) is 42.5 Å². The van der Waals surface area contributed by atoms with Crippen molar-refractivity contribution in [2.75, 3.05) is 0 Å². The molecule has 0 unspecified atom stereocenters. The van der Waals surface area contributed by atoms with Crippen LogP contribution in [0.4, 0.5) is 0 Å². The Balaban J connectivity index is 1.54. The lowest BCUT2D eigenvalue weighted by Gasteiger charge is -2.20. The number of aromatic amines is 3. The van der Waals surface area contributed by atoms with E-state index in [2.05, 4.69) is 144 Å². The standard InChI is InChI=1S/C42H26N6/c1-4-13-25-22(10-1)31-34-40(46-19-7-16-28(46)37(31)43-25)35-32-23-11-2-6-15-27(23)45-39(32)30-18-9-21-48(30)42(35)36-33-24-12-3-5-14-26(24)44-38(33)29-17-8-20-47(29)41(34)36/h1-2,4-11,13-21,43-45H,3,12H2. The number of nitrogens with zero attached hydrogens (tertiary/aromatic N) is 3. The van der Waals surface area contributed by atoms with Crippen LogP contribution in [0.25, 0.3) is 110 Å². The second kappa shape index (κ2) is 7.93. The molecule has 0 saturated heterocycles. The van der Waals surface area contributed by atoms with Crippen LogP contribution in [0, 0.1) is 0 Å². The Morgan fingerprint density at radius 3 is 1.48 bits per heavy atom. The summed E-state index contributed by atoms with van der Waals surface area (Å²) in [4.78, 5) is 11.6. The summed E-state index contributed by atoms with van der Waals surface area (Å²) in [5.41, 5.74) is 15.8. The summed E-state index contributed by atoms with van der Waals surface area (Å²) in [6.07, 6.45) is 13.4. The highest BCUT2D eigenvalue weighted by atomic mass is 15.0. The van der Waals surface area contributed by atoms with Gasteiger partial charge in [0.2, 0.25) is 0 Å². The number of aryl methyl sites for hydroxylation is 1. The summed E-state index contributed by atoms with van der Waals surface area (Å²) in [5, 5.41) is 10.2. The molecule has 3 aromatic carbocycles. The van der Waals surface area contributed by atoms with Crippen LogP contribution in [0.15, 0.2) is 110 Å². The van der Waals surface area contributed by atoms with Gasteiger partial charge in [-0.25, -0.2) is 0 Å². The molecule has 12 aromatic rings. The molecule has 13 rings (SSSR count). The van der Waals surface area contributed by atoms with E-state index in [1.807, 2.05) is 0 Å². The van der Waals surface area contributed by atoms with E-state index in [1.165, 1.54) is 104 Å². The molecular formula is C42H26N6. The first-order valence-electron chi connectivity index (χ1n) is 16.8. The molecule has 0 bridgehead atoms. The van der Waals surface area contributed by atoms with E-state index in [0.29, 0.717) is 0 Å². The molecule has 1 aliphatic rings. The first-order chi connectivity index (χ1) is 23.8. The molecule has 224 valence electrons. The highest BCUT2D eigenvalue weighted by molar-refractivity contribution is 6.43. The lowest BCUT2D eigenvalue weighted by Crippen LogP contribution is -2.01. The predicted molar refractivity (Wildman–Crippen MR) is 200 cm³/mol. The van der Waals surface area contributed by atoms with Gasteiger partial charge in [-0.3, -0.25) is 0 Å². The minimum Gasteiger partial charge on any atom is -0.353 e. The summed E-state index contributed by atoms with van der Waals surface area (Å²) in [7, 11) is 0. The minimum atomic E-state index is 1.01. The molecule has 0 aliphatic heterocycles. The Bertz CT molecular complexity index is 3350. The highest BCUT2D eigenvalue weighted by Crippen LogP contribution is 2.50. The molecule has 0 fully saturated rings. The van der Waals surface area contributed by atoms with Crippen molar-refractivity contribution in [3.63, 3.8) is 0 Å². The van der Waals surface area contributed by atoms with E-state index >= 15 is 0 Å². The third-order valence-electron chi connectivity index (χ3n) is 11.3. The van der Waals surface area contributed by atoms with Gasteiger partial charge in [0.05, 0.1) is 49.7 Å². The van der Waals surface area contributed by atoms with Crippen molar-refractivity contribution in [2.24, 2.45) is 0 Å². The molecule has 6 nitrogen and oxygen atoms in total. The maximum Gasteiger partial charge on any atom is 0.0717 e. The van der Waals surface area contributed by atoms with Crippen LogP contribution in [0.1, 0.15) is 17.7 Å². The Hall–Kier alpha value is -6.40. The fraction of sp³-hybridized carbons (Fsp3) is 0.0476. The van der Waals surface area contributed by atoms with Gasteiger partial charge in [0.25, 0.3) is 0 Å². The van der Waals surface area contributed by atoms with E-state index in [4.69, 9.17) is 0 Å². The highest BCUT2D eigenvalue weighted by Gasteiger charge is 2.28. The van der Waals surface area contributed by atoms with E-state index in [-0.39, 0.29) is 0 Å². The Morgan fingerprint density at radius 2 is 0.938 bits per heavy atom. The number of fused-ring (bicyclic) bond motifs is 27. The van der Waals surface area contributed by atoms with E-state index in [1.54, 1.807) is 0 Å². The zero-order chi connectivity index (χ0) is 30.8. The topological polar surface area (TPSA) is 60.6 Å². The van der Waals surface area contributed by atoms with E-state index < -0.39 is 0 Å². The Labute approximate surface area is 271 Å². The van der Waals surface area contributed by atoms with Crippen molar-refractivity contribution in [2.45, 2.75) is 12.8 Å². The van der Waals surface area contributed by atoms with Crippen molar-refractivity contribution < 1.29 is 0 Å². The number of H-pyrrole nitrogens is 3. The molecule has 0 atom stereocenters. The van der Waals surface area contributed by atoms with Gasteiger partial charge in [0.15, 0.2) is 0 Å². The van der Waals surface area contributed by atoms with Crippen molar-refractivity contribution in [3.05, 3.63) is 121 Å². The summed E-state index contributed by atoms with van der Waals surface area (Å²) in [5.74, 6) is 0. The monoisotopic (exact) mass is 614 g/mol. The van der Waals surface area contributed by atoms with Gasteiger partial charge in [-0.15, -0.1) is 0 Å². The van der Waals surface area contributed by atoms with Crippen molar-refractivity contribution >= 4 is 110 Å². The summed E-state index contributed by atoms with van der Waals surface area (Å²) >= 11 is 0. The Morgan fingerprint density at radius 1 is 0.458 bits per heavy atom. The third kappa shape index (κ3) is 2.53. The number of aromatic nitrogens is 6. The lowest BCUT2D eigenvalue weighted by molar-refractivity contribution is 0.993. The van der Waals surface area contributed by atoms with Crippen LogP contribution in [-0.4, -0.2) is 28.2 Å². The van der Waals surface area contributed by atoms with Gasteiger partial charge in [0.1, 0.15) is 0 Å². The smallest absolute Gasteiger partial charge is 0.0717 e. The SMILES string of the molecule is C1=Cc2[nH]c3c(c2CC1)c1c(c2c4c5ccccc5[nH]c4c4cccn4c2c2c4c5ccccc5[nH]c4c4cccn4c12)n1cccc31. The van der Waals surface area contributed by atoms with Gasteiger partial charge in [-0.05, 0) is 73.0 Å². The van der Waals surface area contributed by atoms with E-state index in [0.717, 1.165) is 23.9 Å². The van der Waals surface area contributed by atoms with Crippen LogP contribution < -0.4 is 0 Å². The van der Waals surface area contributed by atoms with E-state index in [9.17, 15) is 0 Å². The first kappa shape index (κ1) is 23.9. The maximum atomic E-state index is 3.91. The molecular weight excluding hydrogens is 589 g/mol. The molecule has 9 aromatic heterocycles. The average Bonchev–Trinajstić information content (AvgIpc) is 3.97. The number of allylic oxidation sites excluding steroid dienone is 1. The van der Waals surface area contributed by atoms with Crippen molar-refractivity contribution in [1.82, 2.24) is 28.2 Å². The maximum absolute atomic E-state index is 3.91. The second-order valence-corrected chi connectivity index (χ2v) is 13.5. The first-order valence-corrected chi connectivity index (χ1v) is 16.8. The van der Waals surface area contributed by atoms with Crippen LogP contribution >= 0.6 is 0 Å². The van der Waals surface area contributed by atoms with Gasteiger partial charge in [0, 0.05) is 78.4 Å². The normalized spacial score (nSPS) is 14.0. The molecule has 0 radical (unpaired) electrons. The second-order valence-electron chi connectivity index (χ2n) is 13.5. The molecule has 0 saturated carbocycles. The fourth-order valence-corrected chi connectivity index (χ4v) is 9.53. The number of rotatable bonds is 0. The largest absolute Gasteiger partial charge is 0.353 e. The quantitative estimate of drug-likeness (QED) is 0.142. The fourth-order valence-electron chi connectivity index (χ4n) is 9.53. The number of hydrogen-bond acceptors (Lipinski definition) is 0. The summed E-state index contributed by atoms with van der Waals surface area (Å²) < 4.78 is 7.35. The zero-order valence-electron chi connectivity index (χ0n) is 25.7. The van der Waals surface area contributed by atoms with Gasteiger partial charge < -0.3 is 28.2 Å². The van der Waals surface area contributed by atoms with Gasteiger partial charge >= 0.3 is 0 Å². The molecule has 6 heteroatoms. The molecule has 1 aliphatic carbocycles. The Kier molecular flexibility index (Phi) is 3.94. The lowest BCUT2D eigenvalue weighted by atomic mass is 9.92. The van der Waals surface area contributed by atoms with Crippen molar-refractivity contribution in [1.29, 1.82) is 0 Å². The third-order valence-corrected chi connectivity index (χ3v) is 11.3. The van der Waals surface area contributed by atoms with Crippen LogP contribution in [0.5, 0.6) is 0 Å². The van der Waals surface area contributed by atoms with Crippen LogP contribution in [-0.2, 0) is 6.42 Å². The number of pyridine rings is 3. The summed E-state index contributed by atoms with van der Waals surface area (Å²) in [6.45, 7) is 0. The molecule has 0 amide bonds. The molecule has 48 heavy (non-hydrogen) atoms. The number of nitrogens with one attached hydrogen (secondary N) is 3. The number of hydrogen-bond donors (Lipinski definition) is 3.